The number of carbonyl (C=O) groups is 1. The average molecular weight is 257 g/mol. The maximum Gasteiger partial charge on any atom is 0.328 e. The van der Waals surface area contributed by atoms with E-state index in [0.29, 0.717) is 11.5 Å². The van der Waals surface area contributed by atoms with E-state index < -0.39 is 11.4 Å². The van der Waals surface area contributed by atoms with Crippen LogP contribution in [0.15, 0.2) is 24.3 Å². The highest BCUT2D eigenvalue weighted by Gasteiger charge is 2.35. The van der Waals surface area contributed by atoms with Crippen LogP contribution < -0.4 is 0 Å². The molecule has 0 amide bonds. The minimum Gasteiger partial charge on any atom is -0.480 e. The number of hydrogen-bond acceptors (Lipinski definition) is 2. The van der Waals surface area contributed by atoms with Crippen LogP contribution in [-0.4, -0.2) is 11.1 Å². The highest BCUT2D eigenvalue weighted by molar-refractivity contribution is 5.84. The van der Waals surface area contributed by atoms with Crippen LogP contribution in [0.1, 0.15) is 56.1 Å². The lowest BCUT2D eigenvalue weighted by atomic mass is 9.80. The summed E-state index contributed by atoms with van der Waals surface area (Å²) >= 11 is 0. The summed E-state index contributed by atoms with van der Waals surface area (Å²) < 4.78 is 0. The van der Waals surface area contributed by atoms with Gasteiger partial charge in [-0.05, 0) is 36.8 Å². The Morgan fingerprint density at radius 2 is 1.84 bits per heavy atom. The maximum atomic E-state index is 11.2. The van der Waals surface area contributed by atoms with Crippen molar-refractivity contribution in [2.75, 3.05) is 0 Å². The molecule has 1 N–H and O–H groups in total. The summed E-state index contributed by atoms with van der Waals surface area (Å²) in [4.78, 5) is 11.2. The van der Waals surface area contributed by atoms with E-state index in [-0.39, 0.29) is 0 Å². The van der Waals surface area contributed by atoms with Crippen molar-refractivity contribution in [3.63, 3.8) is 0 Å². The number of hydrogen-bond donors (Lipinski definition) is 1. The van der Waals surface area contributed by atoms with E-state index in [2.05, 4.69) is 0 Å². The largest absolute Gasteiger partial charge is 0.480 e. The fourth-order valence-electron chi connectivity index (χ4n) is 2.76. The molecule has 1 unspecified atom stereocenters. The maximum absolute atomic E-state index is 11.2. The van der Waals surface area contributed by atoms with Crippen molar-refractivity contribution in [1.29, 1.82) is 5.26 Å². The standard InChI is InChI=1S/C16H19NO2/c1-16(11-17,15(18)19)14-9-7-13(8-10-14)12-5-3-2-4-6-12/h7-10,12H,2-6H2,1H3,(H,18,19). The minimum atomic E-state index is -1.45. The monoisotopic (exact) mass is 257 g/mol. The van der Waals surface area contributed by atoms with Crippen molar-refractivity contribution in [2.24, 2.45) is 0 Å². The molecule has 1 aromatic carbocycles. The van der Waals surface area contributed by atoms with Gasteiger partial charge in [-0.15, -0.1) is 0 Å². The van der Waals surface area contributed by atoms with Gasteiger partial charge in [-0.1, -0.05) is 43.5 Å². The van der Waals surface area contributed by atoms with Crippen molar-refractivity contribution in [1.82, 2.24) is 0 Å². The van der Waals surface area contributed by atoms with Crippen molar-refractivity contribution < 1.29 is 9.90 Å². The molecule has 0 spiro atoms. The predicted molar refractivity (Wildman–Crippen MR) is 72.9 cm³/mol. The average Bonchev–Trinajstić information content (AvgIpc) is 2.47. The second-order valence-corrected chi connectivity index (χ2v) is 5.50. The van der Waals surface area contributed by atoms with Crippen molar-refractivity contribution >= 4 is 5.97 Å². The normalized spacial score (nSPS) is 19.4. The van der Waals surface area contributed by atoms with Crippen LogP contribution in [0.25, 0.3) is 0 Å². The van der Waals surface area contributed by atoms with E-state index in [0.717, 1.165) is 0 Å². The van der Waals surface area contributed by atoms with Crippen molar-refractivity contribution in [3.05, 3.63) is 35.4 Å². The molecule has 1 atom stereocenters. The Morgan fingerprint density at radius 1 is 1.26 bits per heavy atom. The van der Waals surface area contributed by atoms with Crippen molar-refractivity contribution in [3.8, 4) is 6.07 Å². The molecular weight excluding hydrogens is 238 g/mol. The quantitative estimate of drug-likeness (QED) is 0.899. The third kappa shape index (κ3) is 2.63. The van der Waals surface area contributed by atoms with Crippen molar-refractivity contribution in [2.45, 2.75) is 50.4 Å². The summed E-state index contributed by atoms with van der Waals surface area (Å²) in [5.74, 6) is -0.499. The van der Waals surface area contributed by atoms with E-state index in [9.17, 15) is 9.90 Å². The summed E-state index contributed by atoms with van der Waals surface area (Å²) in [7, 11) is 0. The van der Waals surface area contributed by atoms with E-state index >= 15 is 0 Å². The lowest BCUT2D eigenvalue weighted by Crippen LogP contribution is -2.30. The topological polar surface area (TPSA) is 61.1 Å². The molecule has 0 saturated heterocycles. The molecule has 0 radical (unpaired) electrons. The fourth-order valence-corrected chi connectivity index (χ4v) is 2.76. The summed E-state index contributed by atoms with van der Waals surface area (Å²) in [6.45, 7) is 1.45. The highest BCUT2D eigenvalue weighted by Crippen LogP contribution is 2.33. The number of rotatable bonds is 3. The highest BCUT2D eigenvalue weighted by atomic mass is 16.4. The first-order valence-electron chi connectivity index (χ1n) is 6.83. The third-order valence-electron chi connectivity index (χ3n) is 4.22. The Morgan fingerprint density at radius 3 is 2.32 bits per heavy atom. The zero-order valence-electron chi connectivity index (χ0n) is 11.2. The SMILES string of the molecule is CC(C#N)(C(=O)O)c1ccc(C2CCCCC2)cc1. The predicted octanol–water partition coefficient (Wildman–Crippen LogP) is 3.60. The second-order valence-electron chi connectivity index (χ2n) is 5.50. The Hall–Kier alpha value is -1.82. The third-order valence-corrected chi connectivity index (χ3v) is 4.22. The van der Waals surface area contributed by atoms with Crippen LogP contribution in [0, 0.1) is 11.3 Å². The van der Waals surface area contributed by atoms with Gasteiger partial charge in [0.15, 0.2) is 5.41 Å². The van der Waals surface area contributed by atoms with Crippen LogP contribution in [0.2, 0.25) is 0 Å². The molecule has 19 heavy (non-hydrogen) atoms. The van der Waals surface area contributed by atoms with Gasteiger partial charge in [-0.3, -0.25) is 4.79 Å². The number of nitriles is 1. The first-order valence-corrected chi connectivity index (χ1v) is 6.83. The molecule has 0 aromatic heterocycles. The molecule has 0 aliphatic heterocycles. The van der Waals surface area contributed by atoms with Gasteiger partial charge < -0.3 is 5.11 Å². The summed E-state index contributed by atoms with van der Waals surface area (Å²) in [6.07, 6.45) is 6.30. The summed E-state index contributed by atoms with van der Waals surface area (Å²) in [6, 6.07) is 9.46. The lowest BCUT2D eigenvalue weighted by Gasteiger charge is -2.23. The minimum absolute atomic E-state index is 0.557. The molecule has 3 nitrogen and oxygen atoms in total. The van der Waals surface area contributed by atoms with E-state index in [1.807, 2.05) is 18.2 Å². The van der Waals surface area contributed by atoms with Crippen LogP contribution in [0.3, 0.4) is 0 Å². The molecule has 1 aromatic rings. The molecule has 1 fully saturated rings. The molecule has 0 heterocycles. The Balaban J connectivity index is 2.23. The number of aliphatic carboxylic acids is 1. The lowest BCUT2D eigenvalue weighted by molar-refractivity contribution is -0.141. The fraction of sp³-hybridized carbons (Fsp3) is 0.500. The van der Waals surface area contributed by atoms with Crippen LogP contribution in [0.4, 0.5) is 0 Å². The summed E-state index contributed by atoms with van der Waals surface area (Å²) in [5, 5.41) is 18.3. The van der Waals surface area contributed by atoms with E-state index in [1.54, 1.807) is 12.1 Å². The molecule has 1 aliphatic carbocycles. The number of carboxylic acid groups (broad SMARTS) is 1. The molecule has 0 bridgehead atoms. The van der Waals surface area contributed by atoms with Crippen LogP contribution >= 0.6 is 0 Å². The Kier molecular flexibility index (Phi) is 3.90. The van der Waals surface area contributed by atoms with Gasteiger partial charge >= 0.3 is 5.97 Å². The van der Waals surface area contributed by atoms with Gasteiger partial charge in [0, 0.05) is 0 Å². The Labute approximate surface area is 113 Å². The van der Waals surface area contributed by atoms with Gasteiger partial charge in [-0.25, -0.2) is 0 Å². The van der Waals surface area contributed by atoms with Crippen LogP contribution in [-0.2, 0) is 10.2 Å². The molecule has 1 aliphatic rings. The zero-order chi connectivity index (χ0) is 13.9. The van der Waals surface area contributed by atoms with E-state index in [4.69, 9.17) is 5.26 Å². The molecule has 100 valence electrons. The first kappa shape index (κ1) is 13.6. The van der Waals surface area contributed by atoms with Gasteiger partial charge in [0.25, 0.3) is 0 Å². The zero-order valence-corrected chi connectivity index (χ0v) is 11.2. The molecule has 3 heteroatoms. The van der Waals surface area contributed by atoms with Crippen LogP contribution in [0.5, 0.6) is 0 Å². The molecule has 2 rings (SSSR count). The second kappa shape index (κ2) is 5.44. The van der Waals surface area contributed by atoms with E-state index in [1.165, 1.54) is 44.6 Å². The van der Waals surface area contributed by atoms with Gasteiger partial charge in [0.2, 0.25) is 0 Å². The van der Waals surface area contributed by atoms with Gasteiger partial charge in [0.05, 0.1) is 6.07 Å². The number of benzene rings is 1. The Bertz CT molecular complexity index is 494. The van der Waals surface area contributed by atoms with Gasteiger partial charge in [-0.2, -0.15) is 5.26 Å². The smallest absolute Gasteiger partial charge is 0.328 e. The number of carboxylic acids is 1. The summed E-state index contributed by atoms with van der Waals surface area (Å²) in [5.41, 5.74) is 0.377. The molecular formula is C16H19NO2. The number of nitrogens with zero attached hydrogens (tertiary/aromatic N) is 1. The first-order chi connectivity index (χ1) is 9.08. The van der Waals surface area contributed by atoms with Gasteiger partial charge in [0.1, 0.15) is 0 Å². The molecule has 1 saturated carbocycles.